The minimum Gasteiger partial charge on any atom is -0.384 e. The Morgan fingerprint density at radius 1 is 1.24 bits per heavy atom. The van der Waals surface area contributed by atoms with Crippen molar-refractivity contribution in [3.05, 3.63) is 41.7 Å². The van der Waals surface area contributed by atoms with Crippen LogP contribution in [0.3, 0.4) is 0 Å². The van der Waals surface area contributed by atoms with E-state index in [9.17, 15) is 4.79 Å². The number of rotatable bonds is 2. The van der Waals surface area contributed by atoms with Gasteiger partial charge in [0.15, 0.2) is 12.1 Å². The van der Waals surface area contributed by atoms with Gasteiger partial charge in [-0.15, -0.1) is 0 Å². The Balaban J connectivity index is 2.09. The number of hydrogen-bond acceptors (Lipinski definition) is 4. The minimum absolute atomic E-state index is 0.499. The molecule has 1 N–H and O–H groups in total. The molecule has 1 aromatic carbocycles. The highest BCUT2D eigenvalue weighted by Gasteiger charge is 2.16. The highest BCUT2D eigenvalue weighted by molar-refractivity contribution is 5.75. The van der Waals surface area contributed by atoms with Crippen LogP contribution in [0.4, 0.5) is 5.69 Å². The number of aldehydes is 1. The lowest BCUT2D eigenvalue weighted by Crippen LogP contribution is -1.94. The Bertz CT molecular complexity index is 563. The van der Waals surface area contributed by atoms with Crippen molar-refractivity contribution < 1.29 is 4.79 Å². The van der Waals surface area contributed by atoms with Gasteiger partial charge in [-0.25, -0.2) is 9.97 Å². The third-order valence-corrected chi connectivity index (χ3v) is 2.92. The van der Waals surface area contributed by atoms with Crippen LogP contribution in [0.5, 0.6) is 0 Å². The molecule has 84 valence electrons. The third kappa shape index (κ3) is 1.67. The highest BCUT2D eigenvalue weighted by atomic mass is 16.1. The largest absolute Gasteiger partial charge is 0.384 e. The molecular formula is C13H11N3O. The molecule has 0 unspecified atom stereocenters. The number of nitrogens with one attached hydrogen (secondary N) is 1. The average Bonchev–Trinajstić information content (AvgIpc) is 2.87. The van der Waals surface area contributed by atoms with Crippen LogP contribution in [-0.4, -0.2) is 22.8 Å². The lowest BCUT2D eigenvalue weighted by atomic mass is 10.0. The predicted molar refractivity (Wildman–Crippen MR) is 65.0 cm³/mol. The van der Waals surface area contributed by atoms with Crippen molar-refractivity contribution in [3.8, 4) is 11.4 Å². The predicted octanol–water partition coefficient (Wildman–Crippen LogP) is 1.92. The zero-order valence-electron chi connectivity index (χ0n) is 9.18. The topological polar surface area (TPSA) is 54.9 Å². The van der Waals surface area contributed by atoms with Crippen LogP contribution in [0.15, 0.2) is 30.6 Å². The van der Waals surface area contributed by atoms with E-state index >= 15 is 0 Å². The summed E-state index contributed by atoms with van der Waals surface area (Å²) in [5, 5.41) is 3.32. The standard InChI is InChI=1S/C13H11N3O/c17-8-9-6-15-13(16-7-9)11-2-1-3-12-10(11)4-5-14-12/h1-3,6-8,14H,4-5H2. The van der Waals surface area contributed by atoms with Gasteiger partial charge < -0.3 is 5.32 Å². The summed E-state index contributed by atoms with van der Waals surface area (Å²) in [6.07, 6.45) is 4.85. The van der Waals surface area contributed by atoms with E-state index in [1.54, 1.807) is 12.4 Å². The zero-order valence-corrected chi connectivity index (χ0v) is 9.18. The van der Waals surface area contributed by atoms with Gasteiger partial charge in [0.2, 0.25) is 0 Å². The Morgan fingerprint density at radius 3 is 2.82 bits per heavy atom. The monoisotopic (exact) mass is 225 g/mol. The first-order valence-electron chi connectivity index (χ1n) is 5.52. The van der Waals surface area contributed by atoms with Gasteiger partial charge in [0.25, 0.3) is 0 Å². The summed E-state index contributed by atoms with van der Waals surface area (Å²) in [4.78, 5) is 19.0. The van der Waals surface area contributed by atoms with E-state index in [0.29, 0.717) is 11.4 Å². The van der Waals surface area contributed by atoms with Crippen molar-refractivity contribution in [1.82, 2.24) is 9.97 Å². The van der Waals surface area contributed by atoms with E-state index in [0.717, 1.165) is 30.5 Å². The fourth-order valence-corrected chi connectivity index (χ4v) is 2.09. The second-order valence-electron chi connectivity index (χ2n) is 3.97. The van der Waals surface area contributed by atoms with E-state index in [2.05, 4.69) is 21.4 Å². The van der Waals surface area contributed by atoms with Gasteiger partial charge in [0.05, 0.1) is 5.56 Å². The normalized spacial score (nSPS) is 12.9. The van der Waals surface area contributed by atoms with Gasteiger partial charge in [0, 0.05) is 30.2 Å². The Hall–Kier alpha value is -2.23. The van der Waals surface area contributed by atoms with Gasteiger partial charge in [-0.3, -0.25) is 4.79 Å². The molecule has 1 aromatic heterocycles. The van der Waals surface area contributed by atoms with E-state index < -0.39 is 0 Å². The second kappa shape index (κ2) is 3.97. The Morgan fingerprint density at radius 2 is 2.06 bits per heavy atom. The van der Waals surface area contributed by atoms with Gasteiger partial charge in [0.1, 0.15) is 0 Å². The first kappa shape index (κ1) is 9.96. The quantitative estimate of drug-likeness (QED) is 0.793. The number of carbonyl (C=O) groups is 1. The molecule has 1 aliphatic rings. The average molecular weight is 225 g/mol. The summed E-state index contributed by atoms with van der Waals surface area (Å²) in [5.74, 6) is 0.677. The molecule has 0 saturated heterocycles. The summed E-state index contributed by atoms with van der Waals surface area (Å²) in [6.45, 7) is 0.957. The smallest absolute Gasteiger partial charge is 0.159 e. The fraction of sp³-hybridized carbons (Fsp3) is 0.154. The molecule has 0 saturated carbocycles. The molecule has 2 heterocycles. The maximum atomic E-state index is 10.6. The molecule has 0 spiro atoms. The van der Waals surface area contributed by atoms with Gasteiger partial charge in [-0.2, -0.15) is 0 Å². The minimum atomic E-state index is 0.499. The fourth-order valence-electron chi connectivity index (χ4n) is 2.09. The lowest BCUT2D eigenvalue weighted by Gasteiger charge is -2.06. The molecule has 4 heteroatoms. The summed E-state index contributed by atoms with van der Waals surface area (Å²) in [5.41, 5.74) is 3.96. The van der Waals surface area contributed by atoms with Crippen LogP contribution in [0.1, 0.15) is 15.9 Å². The number of benzene rings is 1. The molecular weight excluding hydrogens is 214 g/mol. The maximum absolute atomic E-state index is 10.6. The molecule has 3 rings (SSSR count). The highest BCUT2D eigenvalue weighted by Crippen LogP contribution is 2.30. The number of carbonyl (C=O) groups excluding carboxylic acids is 1. The molecule has 0 aliphatic carbocycles. The van der Waals surface area contributed by atoms with Crippen molar-refractivity contribution in [3.63, 3.8) is 0 Å². The number of aromatic nitrogens is 2. The zero-order chi connectivity index (χ0) is 11.7. The molecule has 2 aromatic rings. The van der Waals surface area contributed by atoms with Crippen LogP contribution in [-0.2, 0) is 6.42 Å². The van der Waals surface area contributed by atoms with Gasteiger partial charge >= 0.3 is 0 Å². The van der Waals surface area contributed by atoms with Crippen molar-refractivity contribution in [2.75, 3.05) is 11.9 Å². The van der Waals surface area contributed by atoms with Crippen molar-refractivity contribution >= 4 is 12.0 Å². The molecule has 0 bridgehead atoms. The SMILES string of the molecule is O=Cc1cnc(-c2cccc3c2CCN3)nc1. The lowest BCUT2D eigenvalue weighted by molar-refractivity contribution is 0.112. The number of anilines is 1. The third-order valence-electron chi connectivity index (χ3n) is 2.92. The van der Waals surface area contributed by atoms with Crippen molar-refractivity contribution in [1.29, 1.82) is 0 Å². The molecule has 0 atom stereocenters. The van der Waals surface area contributed by atoms with Crippen LogP contribution in [0.25, 0.3) is 11.4 Å². The Labute approximate surface area is 98.7 Å². The Kier molecular flexibility index (Phi) is 2.33. The molecule has 0 amide bonds. The first-order valence-corrected chi connectivity index (χ1v) is 5.52. The van der Waals surface area contributed by atoms with Crippen LogP contribution < -0.4 is 5.32 Å². The summed E-state index contributed by atoms with van der Waals surface area (Å²) >= 11 is 0. The maximum Gasteiger partial charge on any atom is 0.159 e. The van der Waals surface area contributed by atoms with Gasteiger partial charge in [-0.1, -0.05) is 12.1 Å². The first-order chi connectivity index (χ1) is 8.38. The number of hydrogen-bond donors (Lipinski definition) is 1. The summed E-state index contributed by atoms with van der Waals surface area (Å²) < 4.78 is 0. The molecule has 17 heavy (non-hydrogen) atoms. The summed E-state index contributed by atoms with van der Waals surface area (Å²) in [7, 11) is 0. The van der Waals surface area contributed by atoms with Gasteiger partial charge in [-0.05, 0) is 18.1 Å². The van der Waals surface area contributed by atoms with Crippen LogP contribution in [0, 0.1) is 0 Å². The number of nitrogens with zero attached hydrogens (tertiary/aromatic N) is 2. The van der Waals surface area contributed by atoms with Crippen molar-refractivity contribution in [2.24, 2.45) is 0 Å². The molecule has 1 aliphatic heterocycles. The van der Waals surface area contributed by atoms with Crippen LogP contribution >= 0.6 is 0 Å². The van der Waals surface area contributed by atoms with E-state index in [4.69, 9.17) is 0 Å². The molecule has 0 fully saturated rings. The number of fused-ring (bicyclic) bond motifs is 1. The molecule has 4 nitrogen and oxygen atoms in total. The van der Waals surface area contributed by atoms with Crippen molar-refractivity contribution in [2.45, 2.75) is 6.42 Å². The van der Waals surface area contributed by atoms with E-state index in [-0.39, 0.29) is 0 Å². The van der Waals surface area contributed by atoms with E-state index in [1.165, 1.54) is 5.56 Å². The van der Waals surface area contributed by atoms with Crippen LogP contribution in [0.2, 0.25) is 0 Å². The van der Waals surface area contributed by atoms with E-state index in [1.807, 2.05) is 12.1 Å². The summed E-state index contributed by atoms with van der Waals surface area (Å²) in [6, 6.07) is 6.07. The molecule has 0 radical (unpaired) electrons. The second-order valence-corrected chi connectivity index (χ2v) is 3.97.